The maximum Gasteiger partial charge on any atom is 0.234 e. The number of thiophene rings is 1. The zero-order valence-corrected chi connectivity index (χ0v) is 20.6. The fourth-order valence-electron chi connectivity index (χ4n) is 3.85. The van der Waals surface area contributed by atoms with Crippen LogP contribution < -0.4 is 5.32 Å². The second kappa shape index (κ2) is 10.8. The van der Waals surface area contributed by atoms with Crippen LogP contribution in [0.25, 0.3) is 0 Å². The number of anilines is 1. The van der Waals surface area contributed by atoms with E-state index in [1.54, 1.807) is 37.3 Å². The lowest BCUT2D eigenvalue weighted by Gasteiger charge is -2.31. The molecule has 1 unspecified atom stereocenters. The summed E-state index contributed by atoms with van der Waals surface area (Å²) in [6.45, 7) is 1.77. The van der Waals surface area contributed by atoms with E-state index < -0.39 is 11.8 Å². The highest BCUT2D eigenvalue weighted by Gasteiger charge is 2.40. The lowest BCUT2D eigenvalue weighted by atomic mass is 9.76. The fraction of sp³-hybridized carbons (Fsp3) is 0.154. The molecule has 34 heavy (non-hydrogen) atoms. The van der Waals surface area contributed by atoms with Gasteiger partial charge in [0.2, 0.25) is 5.91 Å². The van der Waals surface area contributed by atoms with Gasteiger partial charge in [-0.25, -0.2) is 4.99 Å². The first-order valence-electron chi connectivity index (χ1n) is 10.5. The summed E-state index contributed by atoms with van der Waals surface area (Å²) in [5, 5.41) is 15.9. The van der Waals surface area contributed by atoms with E-state index in [0.717, 1.165) is 0 Å². The number of aliphatic imine (C=N–C) groups is 1. The van der Waals surface area contributed by atoms with Gasteiger partial charge in [-0.05, 0) is 42.1 Å². The van der Waals surface area contributed by atoms with Crippen LogP contribution in [0.15, 0.2) is 87.7 Å². The number of thioether (sulfide) groups is 1. The Morgan fingerprint density at radius 2 is 1.85 bits per heavy atom. The first-order chi connectivity index (χ1) is 16.5. The third kappa shape index (κ3) is 5.15. The Bertz CT molecular complexity index is 1310. The standard InChI is InChI=1S/C26H20ClN3O2S2/c1-16-23(25(32)30-17-8-3-2-4-9-17)24(18-10-5-6-11-20(18)27)19(14-28)26(29-16)34-15-21(31)22-12-7-13-33-22/h2-13,23-24H,15H2,1H3,(H,30,32)/t23?,24-/m0/s1. The predicted molar refractivity (Wildman–Crippen MR) is 140 cm³/mol. The van der Waals surface area contributed by atoms with Crippen molar-refractivity contribution in [2.45, 2.75) is 12.8 Å². The summed E-state index contributed by atoms with van der Waals surface area (Å²) >= 11 is 9.13. The third-order valence-corrected chi connectivity index (χ3v) is 7.67. The number of amides is 1. The van der Waals surface area contributed by atoms with Gasteiger partial charge in [-0.2, -0.15) is 5.26 Å². The van der Waals surface area contributed by atoms with Gasteiger partial charge in [0.05, 0.1) is 28.2 Å². The smallest absolute Gasteiger partial charge is 0.234 e. The van der Waals surface area contributed by atoms with E-state index in [-0.39, 0.29) is 17.4 Å². The summed E-state index contributed by atoms with van der Waals surface area (Å²) in [7, 11) is 0. The van der Waals surface area contributed by atoms with Gasteiger partial charge < -0.3 is 5.32 Å². The summed E-state index contributed by atoms with van der Waals surface area (Å²) in [5.74, 6) is -1.51. The van der Waals surface area contributed by atoms with Crippen molar-refractivity contribution in [3.05, 3.63) is 98.2 Å². The van der Waals surface area contributed by atoms with E-state index in [9.17, 15) is 14.9 Å². The molecular formula is C26H20ClN3O2S2. The average molecular weight is 506 g/mol. The molecule has 1 aromatic heterocycles. The summed E-state index contributed by atoms with van der Waals surface area (Å²) in [6, 6.07) is 22.2. The molecule has 0 bridgehead atoms. The maximum atomic E-state index is 13.4. The topological polar surface area (TPSA) is 82.3 Å². The highest BCUT2D eigenvalue weighted by atomic mass is 35.5. The van der Waals surface area contributed by atoms with Gasteiger partial charge in [0.1, 0.15) is 5.03 Å². The largest absolute Gasteiger partial charge is 0.325 e. The number of nitrogens with zero attached hydrogens (tertiary/aromatic N) is 2. The molecule has 2 heterocycles. The molecule has 1 amide bonds. The van der Waals surface area contributed by atoms with Crippen LogP contribution in [0.3, 0.4) is 0 Å². The Labute approximate surface area is 211 Å². The van der Waals surface area contributed by atoms with E-state index in [1.165, 1.54) is 23.1 Å². The number of hydrogen-bond donors (Lipinski definition) is 1. The molecule has 0 spiro atoms. The molecule has 1 aliphatic heterocycles. The highest BCUT2D eigenvalue weighted by molar-refractivity contribution is 8.03. The van der Waals surface area contributed by atoms with Crippen molar-refractivity contribution in [1.82, 2.24) is 0 Å². The molecule has 0 aliphatic carbocycles. The van der Waals surface area contributed by atoms with Crippen LogP contribution in [-0.2, 0) is 4.79 Å². The number of carbonyl (C=O) groups excluding carboxylic acids is 2. The number of rotatable bonds is 7. The molecule has 8 heteroatoms. The number of carbonyl (C=O) groups is 2. The normalized spacial score (nSPS) is 17.6. The zero-order valence-electron chi connectivity index (χ0n) is 18.2. The number of benzene rings is 2. The number of hydrogen-bond acceptors (Lipinski definition) is 6. The van der Waals surface area contributed by atoms with Crippen molar-refractivity contribution < 1.29 is 9.59 Å². The van der Waals surface area contributed by atoms with Crippen LogP contribution in [0, 0.1) is 17.2 Å². The Balaban J connectivity index is 1.71. The van der Waals surface area contributed by atoms with Crippen molar-refractivity contribution >= 4 is 57.8 Å². The molecule has 0 saturated heterocycles. The molecular weight excluding hydrogens is 486 g/mol. The van der Waals surface area contributed by atoms with Gasteiger partial charge in [-0.1, -0.05) is 65.8 Å². The Hall–Kier alpha value is -3.18. The van der Waals surface area contributed by atoms with Crippen LogP contribution in [0.2, 0.25) is 5.02 Å². The van der Waals surface area contributed by atoms with Crippen molar-refractivity contribution in [3.8, 4) is 6.07 Å². The van der Waals surface area contributed by atoms with Crippen molar-refractivity contribution in [3.63, 3.8) is 0 Å². The van der Waals surface area contributed by atoms with Gasteiger partial charge in [0, 0.05) is 22.3 Å². The number of halogens is 1. The van der Waals surface area contributed by atoms with E-state index in [1.807, 2.05) is 41.8 Å². The molecule has 0 radical (unpaired) electrons. The van der Waals surface area contributed by atoms with Crippen LogP contribution in [-0.4, -0.2) is 23.2 Å². The minimum atomic E-state index is -0.730. The number of nitrogens with one attached hydrogen (secondary N) is 1. The molecule has 0 fully saturated rings. The number of Topliss-reactive ketones (excluding diaryl/α,β-unsaturated/α-hetero) is 1. The minimum Gasteiger partial charge on any atom is -0.325 e. The average Bonchev–Trinajstić information content (AvgIpc) is 3.38. The van der Waals surface area contributed by atoms with Crippen LogP contribution in [0.4, 0.5) is 5.69 Å². The van der Waals surface area contributed by atoms with E-state index in [0.29, 0.717) is 37.5 Å². The third-order valence-electron chi connectivity index (χ3n) is 5.42. The van der Waals surface area contributed by atoms with Crippen LogP contribution >= 0.6 is 34.7 Å². The second-order valence-corrected chi connectivity index (χ2v) is 9.92. The molecule has 170 valence electrons. The van der Waals surface area contributed by atoms with Crippen molar-refractivity contribution in [1.29, 1.82) is 5.26 Å². The fourth-order valence-corrected chi connectivity index (χ4v) is 5.81. The Kier molecular flexibility index (Phi) is 7.63. The van der Waals surface area contributed by atoms with Crippen molar-refractivity contribution in [2.75, 3.05) is 11.1 Å². The monoisotopic (exact) mass is 505 g/mol. The molecule has 1 N–H and O–H groups in total. The molecule has 4 rings (SSSR count). The SMILES string of the molecule is CC1=NC(SCC(=O)c2cccs2)=C(C#N)[C@H](c2ccccc2Cl)C1C(=O)Nc1ccccc1. The molecule has 5 nitrogen and oxygen atoms in total. The maximum absolute atomic E-state index is 13.4. The molecule has 3 aromatic rings. The molecule has 2 aromatic carbocycles. The van der Waals surface area contributed by atoms with Gasteiger partial charge in [0.25, 0.3) is 0 Å². The van der Waals surface area contributed by atoms with Crippen LogP contribution in [0.1, 0.15) is 28.1 Å². The molecule has 0 saturated carbocycles. The number of nitriles is 1. The van der Waals surface area contributed by atoms with Gasteiger partial charge in [0.15, 0.2) is 5.78 Å². The van der Waals surface area contributed by atoms with Gasteiger partial charge in [-0.3, -0.25) is 9.59 Å². The molecule has 1 aliphatic rings. The lowest BCUT2D eigenvalue weighted by Crippen LogP contribution is -2.36. The zero-order chi connectivity index (χ0) is 24.1. The highest BCUT2D eigenvalue weighted by Crippen LogP contribution is 2.44. The Morgan fingerprint density at radius 3 is 2.53 bits per heavy atom. The Morgan fingerprint density at radius 1 is 1.12 bits per heavy atom. The van der Waals surface area contributed by atoms with E-state index >= 15 is 0 Å². The number of para-hydroxylation sites is 1. The lowest BCUT2D eigenvalue weighted by molar-refractivity contribution is -0.118. The summed E-state index contributed by atoms with van der Waals surface area (Å²) in [5.41, 5.74) is 2.22. The summed E-state index contributed by atoms with van der Waals surface area (Å²) in [6.07, 6.45) is 0. The number of allylic oxidation sites excluding steroid dienone is 1. The van der Waals surface area contributed by atoms with E-state index in [2.05, 4.69) is 16.4 Å². The number of ketones is 1. The second-order valence-electron chi connectivity index (χ2n) is 7.61. The predicted octanol–water partition coefficient (Wildman–Crippen LogP) is 6.57. The van der Waals surface area contributed by atoms with Gasteiger partial charge >= 0.3 is 0 Å². The van der Waals surface area contributed by atoms with Crippen molar-refractivity contribution in [2.24, 2.45) is 10.9 Å². The summed E-state index contributed by atoms with van der Waals surface area (Å²) in [4.78, 5) is 31.3. The summed E-state index contributed by atoms with van der Waals surface area (Å²) < 4.78 is 0. The van der Waals surface area contributed by atoms with Crippen LogP contribution in [0.5, 0.6) is 0 Å². The molecule has 2 atom stereocenters. The first kappa shape index (κ1) is 24.0. The quantitative estimate of drug-likeness (QED) is 0.368. The van der Waals surface area contributed by atoms with Gasteiger partial charge in [-0.15, -0.1) is 11.3 Å². The van der Waals surface area contributed by atoms with E-state index in [4.69, 9.17) is 11.6 Å². The first-order valence-corrected chi connectivity index (χ1v) is 12.7. The minimum absolute atomic E-state index is 0.0316.